The molecule has 0 fully saturated rings. The van der Waals surface area contributed by atoms with Gasteiger partial charge in [0, 0.05) is 0 Å². The van der Waals surface area contributed by atoms with Crippen molar-refractivity contribution in [1.29, 1.82) is 0 Å². The third-order valence-electron chi connectivity index (χ3n) is 3.14. The molecule has 1 aromatic carbocycles. The van der Waals surface area contributed by atoms with Crippen LogP contribution < -0.4 is 4.74 Å². The molecule has 0 spiro atoms. The lowest BCUT2D eigenvalue weighted by Gasteiger charge is -2.19. The van der Waals surface area contributed by atoms with Gasteiger partial charge in [-0.2, -0.15) is 0 Å². The van der Waals surface area contributed by atoms with Crippen LogP contribution in [0, 0.1) is 5.92 Å². The van der Waals surface area contributed by atoms with Gasteiger partial charge in [-0.3, -0.25) is 4.79 Å². The second kappa shape index (κ2) is 6.06. The zero-order chi connectivity index (χ0) is 14.6. The maximum Gasteiger partial charge on any atom is 0.309 e. The lowest BCUT2D eigenvalue weighted by Crippen LogP contribution is -2.31. The molecule has 1 aromatic rings. The van der Waals surface area contributed by atoms with E-state index < -0.39 is 27.0 Å². The number of sulfone groups is 1. The number of rotatable bonds is 5. The van der Waals surface area contributed by atoms with Gasteiger partial charge in [-0.05, 0) is 19.1 Å². The van der Waals surface area contributed by atoms with E-state index in [-0.39, 0.29) is 10.6 Å². The van der Waals surface area contributed by atoms with Crippen LogP contribution in [0.3, 0.4) is 0 Å². The fourth-order valence-electron chi connectivity index (χ4n) is 1.70. The van der Waals surface area contributed by atoms with Gasteiger partial charge in [-0.15, -0.1) is 0 Å². The van der Waals surface area contributed by atoms with Crippen molar-refractivity contribution in [3.8, 4) is 5.75 Å². The standard InChI is InChI=1S/C13H18O5S/c1-9(13(14)18-4)10(2)19(15,16)12-8-6-5-7-11(12)17-3/h5-10H,1-4H3. The summed E-state index contributed by atoms with van der Waals surface area (Å²) in [4.78, 5) is 11.6. The van der Waals surface area contributed by atoms with E-state index in [1.165, 1.54) is 34.1 Å². The Balaban J connectivity index is 3.20. The van der Waals surface area contributed by atoms with E-state index in [9.17, 15) is 13.2 Å². The highest BCUT2D eigenvalue weighted by molar-refractivity contribution is 7.92. The molecule has 0 N–H and O–H groups in total. The van der Waals surface area contributed by atoms with Crippen LogP contribution in [0.4, 0.5) is 0 Å². The van der Waals surface area contributed by atoms with Crippen LogP contribution >= 0.6 is 0 Å². The zero-order valence-corrected chi connectivity index (χ0v) is 12.2. The molecule has 106 valence electrons. The molecule has 0 aromatic heterocycles. The fraction of sp³-hybridized carbons (Fsp3) is 0.462. The van der Waals surface area contributed by atoms with Crippen LogP contribution in [-0.4, -0.2) is 33.9 Å². The van der Waals surface area contributed by atoms with E-state index in [0.29, 0.717) is 0 Å². The molecule has 0 aliphatic rings. The van der Waals surface area contributed by atoms with E-state index in [2.05, 4.69) is 4.74 Å². The Kier molecular flexibility index (Phi) is 4.94. The van der Waals surface area contributed by atoms with Crippen LogP contribution in [0.2, 0.25) is 0 Å². The van der Waals surface area contributed by atoms with Crippen molar-refractivity contribution in [1.82, 2.24) is 0 Å². The summed E-state index contributed by atoms with van der Waals surface area (Å²) < 4.78 is 34.6. The highest BCUT2D eigenvalue weighted by Gasteiger charge is 2.34. The number of hydrogen-bond acceptors (Lipinski definition) is 5. The number of hydrogen-bond donors (Lipinski definition) is 0. The Labute approximate surface area is 113 Å². The van der Waals surface area contributed by atoms with Crippen molar-refractivity contribution in [3.63, 3.8) is 0 Å². The number of benzene rings is 1. The second-order valence-electron chi connectivity index (χ2n) is 4.21. The Bertz CT molecular complexity index is 550. The lowest BCUT2D eigenvalue weighted by molar-refractivity contribution is -0.144. The van der Waals surface area contributed by atoms with Crippen molar-refractivity contribution in [3.05, 3.63) is 24.3 Å². The van der Waals surface area contributed by atoms with E-state index in [4.69, 9.17) is 4.74 Å². The third kappa shape index (κ3) is 3.07. The summed E-state index contributed by atoms with van der Waals surface area (Å²) >= 11 is 0. The van der Waals surface area contributed by atoms with Crippen LogP contribution in [-0.2, 0) is 19.4 Å². The van der Waals surface area contributed by atoms with Crippen molar-refractivity contribution >= 4 is 15.8 Å². The molecule has 19 heavy (non-hydrogen) atoms. The summed E-state index contributed by atoms with van der Waals surface area (Å²) in [5, 5.41) is -0.892. The Morgan fingerprint density at radius 1 is 1.16 bits per heavy atom. The van der Waals surface area contributed by atoms with Gasteiger partial charge in [0.05, 0.1) is 25.4 Å². The van der Waals surface area contributed by atoms with Gasteiger partial charge in [0.2, 0.25) is 0 Å². The number of carbonyl (C=O) groups excluding carboxylic acids is 1. The molecule has 0 radical (unpaired) electrons. The quantitative estimate of drug-likeness (QED) is 0.770. The molecular formula is C13H18O5S. The largest absolute Gasteiger partial charge is 0.495 e. The van der Waals surface area contributed by atoms with Crippen LogP contribution in [0.15, 0.2) is 29.2 Å². The van der Waals surface area contributed by atoms with Gasteiger partial charge in [0.25, 0.3) is 0 Å². The van der Waals surface area contributed by atoms with Crippen molar-refractivity contribution in [2.24, 2.45) is 5.92 Å². The third-order valence-corrected chi connectivity index (χ3v) is 5.48. The summed E-state index contributed by atoms with van der Waals surface area (Å²) in [5.41, 5.74) is 0. The number of para-hydroxylation sites is 1. The molecule has 0 saturated carbocycles. The average Bonchev–Trinajstić information content (AvgIpc) is 2.44. The lowest BCUT2D eigenvalue weighted by atomic mass is 10.1. The molecule has 0 aliphatic carbocycles. The molecule has 5 nitrogen and oxygen atoms in total. The summed E-state index contributed by atoms with van der Waals surface area (Å²) in [7, 11) is -1.02. The van der Waals surface area contributed by atoms with Crippen LogP contribution in [0.25, 0.3) is 0 Å². The van der Waals surface area contributed by atoms with E-state index in [1.807, 2.05) is 0 Å². The molecule has 0 bridgehead atoms. The Morgan fingerprint density at radius 2 is 1.74 bits per heavy atom. The predicted octanol–water partition coefficient (Wildman–Crippen LogP) is 1.67. The van der Waals surface area contributed by atoms with Gasteiger partial charge in [-0.25, -0.2) is 8.42 Å². The van der Waals surface area contributed by atoms with E-state index in [0.717, 1.165) is 0 Å². The van der Waals surface area contributed by atoms with Gasteiger partial charge >= 0.3 is 5.97 Å². The minimum atomic E-state index is -3.66. The van der Waals surface area contributed by atoms with E-state index in [1.54, 1.807) is 18.2 Å². The summed E-state index contributed by atoms with van der Waals surface area (Å²) in [6, 6.07) is 6.34. The Morgan fingerprint density at radius 3 is 2.26 bits per heavy atom. The molecule has 0 amide bonds. The number of carbonyl (C=O) groups is 1. The average molecular weight is 286 g/mol. The SMILES string of the molecule is COC(=O)C(C)C(C)S(=O)(=O)c1ccccc1OC. The first-order valence-electron chi connectivity index (χ1n) is 5.81. The maximum atomic E-state index is 12.5. The molecule has 0 saturated heterocycles. The smallest absolute Gasteiger partial charge is 0.309 e. The van der Waals surface area contributed by atoms with Crippen LogP contribution in [0.1, 0.15) is 13.8 Å². The molecule has 6 heteroatoms. The van der Waals surface area contributed by atoms with Crippen LogP contribution in [0.5, 0.6) is 5.75 Å². The number of ether oxygens (including phenoxy) is 2. The summed E-state index contributed by atoms with van der Waals surface area (Å²) in [5.74, 6) is -1.03. The molecule has 0 aliphatic heterocycles. The zero-order valence-electron chi connectivity index (χ0n) is 11.4. The fourth-order valence-corrected chi connectivity index (χ4v) is 3.45. The summed E-state index contributed by atoms with van der Waals surface area (Å²) in [6.45, 7) is 3.02. The number of esters is 1. The maximum absolute atomic E-state index is 12.5. The monoisotopic (exact) mass is 286 g/mol. The predicted molar refractivity (Wildman–Crippen MR) is 70.8 cm³/mol. The first-order chi connectivity index (χ1) is 8.86. The van der Waals surface area contributed by atoms with E-state index >= 15 is 0 Å². The normalized spacial score (nSPS) is 14.5. The highest BCUT2D eigenvalue weighted by atomic mass is 32.2. The van der Waals surface area contributed by atoms with Gasteiger partial charge in [0.1, 0.15) is 10.6 Å². The second-order valence-corrected chi connectivity index (χ2v) is 6.49. The minimum absolute atomic E-state index is 0.0840. The molecule has 2 unspecified atom stereocenters. The highest BCUT2D eigenvalue weighted by Crippen LogP contribution is 2.29. The first-order valence-corrected chi connectivity index (χ1v) is 7.35. The summed E-state index contributed by atoms with van der Waals surface area (Å²) in [6.07, 6.45) is 0. The molecule has 2 atom stereocenters. The molecule has 0 heterocycles. The Hall–Kier alpha value is -1.56. The van der Waals surface area contributed by atoms with Gasteiger partial charge in [0.15, 0.2) is 9.84 Å². The van der Waals surface area contributed by atoms with Crippen molar-refractivity contribution in [2.45, 2.75) is 24.0 Å². The molecular weight excluding hydrogens is 268 g/mol. The van der Waals surface area contributed by atoms with Gasteiger partial charge < -0.3 is 9.47 Å². The van der Waals surface area contributed by atoms with Gasteiger partial charge in [-0.1, -0.05) is 19.1 Å². The first kappa shape index (κ1) is 15.5. The molecule has 1 rings (SSSR count). The minimum Gasteiger partial charge on any atom is -0.495 e. The topological polar surface area (TPSA) is 69.7 Å². The number of methoxy groups -OCH3 is 2. The van der Waals surface area contributed by atoms with Crippen molar-refractivity contribution in [2.75, 3.05) is 14.2 Å². The van der Waals surface area contributed by atoms with Crippen molar-refractivity contribution < 1.29 is 22.7 Å².